The van der Waals surface area contributed by atoms with E-state index in [4.69, 9.17) is 0 Å². The lowest BCUT2D eigenvalue weighted by Gasteiger charge is -2.16. The summed E-state index contributed by atoms with van der Waals surface area (Å²) in [5.41, 5.74) is 1.21. The normalized spacial score (nSPS) is 12.8. The molecule has 3 N–H and O–H groups in total. The second-order valence-corrected chi connectivity index (χ2v) is 8.84. The molecule has 2 aromatic rings. The summed E-state index contributed by atoms with van der Waals surface area (Å²) in [5, 5.41) is 20.6. The van der Waals surface area contributed by atoms with E-state index < -0.39 is 14.8 Å². The third-order valence-electron chi connectivity index (χ3n) is 4.49. The Balaban J connectivity index is 1.86. The molecule has 30 heavy (non-hydrogen) atoms. The van der Waals surface area contributed by atoms with E-state index in [1.165, 1.54) is 17.7 Å². The number of rotatable bonds is 9. The SMILES string of the molecule is CN=C(NCCNc1ccc(S(C)(=O)=O)cc1[N+](=O)[O-])NCC(C)c1ccccc1. The lowest BCUT2D eigenvalue weighted by molar-refractivity contribution is -0.384. The zero-order chi connectivity index (χ0) is 22.1. The average Bonchev–Trinajstić information content (AvgIpc) is 2.72. The lowest BCUT2D eigenvalue weighted by Crippen LogP contribution is -2.41. The number of aliphatic imine (C=N–C) groups is 1. The third-order valence-corrected chi connectivity index (χ3v) is 5.61. The standard InChI is InChI=1S/C20H27N5O4S/c1-15(16-7-5-4-6-8-16)14-24-20(21-2)23-12-11-22-18-10-9-17(30(3,28)29)13-19(18)25(26)27/h4-10,13,15,22H,11-12,14H2,1-3H3,(H2,21,23,24). The first-order chi connectivity index (χ1) is 14.2. The Labute approximate surface area is 176 Å². The van der Waals surface area contributed by atoms with E-state index >= 15 is 0 Å². The molecule has 0 saturated carbocycles. The number of nitro benzene ring substituents is 1. The summed E-state index contributed by atoms with van der Waals surface area (Å²) in [6, 6.07) is 14.0. The van der Waals surface area contributed by atoms with Gasteiger partial charge in [-0.15, -0.1) is 0 Å². The second-order valence-electron chi connectivity index (χ2n) is 6.83. The molecule has 9 nitrogen and oxygen atoms in total. The summed E-state index contributed by atoms with van der Waals surface area (Å²) >= 11 is 0. The van der Waals surface area contributed by atoms with Crippen molar-refractivity contribution < 1.29 is 13.3 Å². The van der Waals surface area contributed by atoms with E-state index in [2.05, 4.69) is 40.0 Å². The Bertz CT molecular complexity index is 994. The van der Waals surface area contributed by atoms with Crippen LogP contribution in [0.15, 0.2) is 58.4 Å². The maximum atomic E-state index is 11.6. The fraction of sp³-hybridized carbons (Fsp3) is 0.350. The van der Waals surface area contributed by atoms with Crippen molar-refractivity contribution in [1.29, 1.82) is 0 Å². The van der Waals surface area contributed by atoms with Crippen molar-refractivity contribution in [3.05, 3.63) is 64.2 Å². The maximum Gasteiger partial charge on any atom is 0.293 e. The maximum absolute atomic E-state index is 11.6. The monoisotopic (exact) mass is 433 g/mol. The number of nitro groups is 1. The number of nitrogens with zero attached hydrogens (tertiary/aromatic N) is 2. The lowest BCUT2D eigenvalue weighted by atomic mass is 10.0. The number of hydrogen-bond donors (Lipinski definition) is 3. The molecule has 1 unspecified atom stereocenters. The summed E-state index contributed by atoms with van der Waals surface area (Å²) in [4.78, 5) is 14.8. The minimum atomic E-state index is -3.52. The van der Waals surface area contributed by atoms with Crippen molar-refractivity contribution in [2.75, 3.05) is 38.3 Å². The van der Waals surface area contributed by atoms with Gasteiger partial charge in [0.1, 0.15) is 5.69 Å². The summed E-state index contributed by atoms with van der Waals surface area (Å²) in [6.45, 7) is 3.67. The van der Waals surface area contributed by atoms with Crippen molar-refractivity contribution in [3.8, 4) is 0 Å². The van der Waals surface area contributed by atoms with Gasteiger partial charge in [0.2, 0.25) is 0 Å². The summed E-state index contributed by atoms with van der Waals surface area (Å²) in [5.74, 6) is 0.931. The predicted molar refractivity (Wildman–Crippen MR) is 119 cm³/mol. The zero-order valence-corrected chi connectivity index (χ0v) is 18.1. The van der Waals surface area contributed by atoms with Crippen molar-refractivity contribution in [1.82, 2.24) is 10.6 Å². The Morgan fingerprint density at radius 3 is 2.43 bits per heavy atom. The Kier molecular flexibility index (Phi) is 8.16. The van der Waals surface area contributed by atoms with Crippen LogP contribution in [0.1, 0.15) is 18.4 Å². The van der Waals surface area contributed by atoms with Gasteiger partial charge in [-0.25, -0.2) is 8.42 Å². The summed E-state index contributed by atoms with van der Waals surface area (Å²) in [6.07, 6.45) is 1.01. The fourth-order valence-electron chi connectivity index (χ4n) is 2.79. The van der Waals surface area contributed by atoms with Gasteiger partial charge >= 0.3 is 0 Å². The molecule has 0 amide bonds. The van der Waals surface area contributed by atoms with Gasteiger partial charge in [0.15, 0.2) is 15.8 Å². The van der Waals surface area contributed by atoms with Crippen molar-refractivity contribution in [2.24, 2.45) is 4.99 Å². The molecule has 0 radical (unpaired) electrons. The molecule has 0 aliphatic rings. The minimum Gasteiger partial charge on any atom is -0.378 e. The van der Waals surface area contributed by atoms with Crippen LogP contribution in [0, 0.1) is 10.1 Å². The van der Waals surface area contributed by atoms with Crippen LogP contribution in [-0.4, -0.2) is 52.2 Å². The number of sulfone groups is 1. The number of anilines is 1. The molecule has 1 atom stereocenters. The van der Waals surface area contributed by atoms with E-state index in [-0.39, 0.29) is 16.3 Å². The number of guanidine groups is 1. The van der Waals surface area contributed by atoms with Gasteiger partial charge in [-0.05, 0) is 23.6 Å². The van der Waals surface area contributed by atoms with E-state index in [0.29, 0.717) is 31.5 Å². The second kappa shape index (κ2) is 10.6. The highest BCUT2D eigenvalue weighted by Crippen LogP contribution is 2.27. The third kappa shape index (κ3) is 6.73. The van der Waals surface area contributed by atoms with E-state index in [0.717, 1.165) is 12.3 Å². The van der Waals surface area contributed by atoms with Crippen LogP contribution < -0.4 is 16.0 Å². The van der Waals surface area contributed by atoms with Gasteiger partial charge in [0.25, 0.3) is 5.69 Å². The largest absolute Gasteiger partial charge is 0.378 e. The highest BCUT2D eigenvalue weighted by molar-refractivity contribution is 7.90. The smallest absolute Gasteiger partial charge is 0.293 e. The number of benzene rings is 2. The number of nitrogens with one attached hydrogen (secondary N) is 3. The van der Waals surface area contributed by atoms with Crippen molar-refractivity contribution in [3.63, 3.8) is 0 Å². The predicted octanol–water partition coefficient (Wildman–Crippen LogP) is 2.38. The highest BCUT2D eigenvalue weighted by Gasteiger charge is 2.18. The first-order valence-corrected chi connectivity index (χ1v) is 11.3. The van der Waals surface area contributed by atoms with Gasteiger partial charge in [-0.1, -0.05) is 37.3 Å². The Morgan fingerprint density at radius 2 is 1.83 bits per heavy atom. The molecule has 0 spiro atoms. The molecule has 0 aliphatic carbocycles. The van der Waals surface area contributed by atoms with Crippen LogP contribution >= 0.6 is 0 Å². The van der Waals surface area contributed by atoms with Crippen LogP contribution in [0.4, 0.5) is 11.4 Å². The Hall–Kier alpha value is -3.14. The van der Waals surface area contributed by atoms with Gasteiger partial charge in [-0.3, -0.25) is 15.1 Å². The fourth-order valence-corrected chi connectivity index (χ4v) is 3.43. The highest BCUT2D eigenvalue weighted by atomic mass is 32.2. The molecule has 0 fully saturated rings. The van der Waals surface area contributed by atoms with Crippen LogP contribution in [0.5, 0.6) is 0 Å². The van der Waals surface area contributed by atoms with Gasteiger partial charge in [0, 0.05) is 39.0 Å². The molecule has 0 aliphatic heterocycles. The molecule has 2 rings (SSSR count). The molecular formula is C20H27N5O4S. The topological polar surface area (TPSA) is 126 Å². The van der Waals surface area contributed by atoms with E-state index in [1.807, 2.05) is 18.2 Å². The first-order valence-electron chi connectivity index (χ1n) is 9.44. The summed E-state index contributed by atoms with van der Waals surface area (Å²) < 4.78 is 23.2. The van der Waals surface area contributed by atoms with Crippen molar-refractivity contribution >= 4 is 27.2 Å². The molecule has 10 heteroatoms. The minimum absolute atomic E-state index is 0.0880. The quantitative estimate of drug-likeness (QED) is 0.182. The zero-order valence-electron chi connectivity index (χ0n) is 17.3. The van der Waals surface area contributed by atoms with Gasteiger partial charge in [0.05, 0.1) is 9.82 Å². The van der Waals surface area contributed by atoms with Crippen molar-refractivity contribution in [2.45, 2.75) is 17.7 Å². The van der Waals surface area contributed by atoms with Gasteiger partial charge < -0.3 is 16.0 Å². The van der Waals surface area contributed by atoms with Crippen LogP contribution in [0.25, 0.3) is 0 Å². The molecule has 0 saturated heterocycles. The van der Waals surface area contributed by atoms with Crippen LogP contribution in [-0.2, 0) is 9.84 Å². The van der Waals surface area contributed by atoms with E-state index in [9.17, 15) is 18.5 Å². The van der Waals surface area contributed by atoms with E-state index in [1.54, 1.807) is 7.05 Å². The molecule has 0 bridgehead atoms. The first kappa shape index (κ1) is 23.1. The molecule has 0 heterocycles. The Morgan fingerprint density at radius 1 is 1.13 bits per heavy atom. The van der Waals surface area contributed by atoms with Crippen LogP contribution in [0.3, 0.4) is 0 Å². The molecule has 0 aromatic heterocycles. The van der Waals surface area contributed by atoms with Gasteiger partial charge in [-0.2, -0.15) is 0 Å². The average molecular weight is 434 g/mol. The molecular weight excluding hydrogens is 406 g/mol. The van der Waals surface area contributed by atoms with Crippen LogP contribution in [0.2, 0.25) is 0 Å². The number of hydrogen-bond acceptors (Lipinski definition) is 6. The summed E-state index contributed by atoms with van der Waals surface area (Å²) in [7, 11) is -1.85. The molecule has 162 valence electrons. The molecule has 2 aromatic carbocycles.